The first-order valence-electron chi connectivity index (χ1n) is 10.6. The summed E-state index contributed by atoms with van der Waals surface area (Å²) in [6, 6.07) is 18.0. The quantitative estimate of drug-likeness (QED) is 0.445. The van der Waals surface area contributed by atoms with Crippen molar-refractivity contribution in [2.45, 2.75) is 58.0 Å². The molecule has 0 heterocycles. The summed E-state index contributed by atoms with van der Waals surface area (Å²) in [4.78, 5) is 0. The summed E-state index contributed by atoms with van der Waals surface area (Å²) in [6.07, 6.45) is 11.3. The highest BCUT2D eigenvalue weighted by atomic mass is 16.5. The van der Waals surface area contributed by atoms with Gasteiger partial charge >= 0.3 is 0 Å². The number of hydrogen-bond donors (Lipinski definition) is 0. The molecule has 1 fully saturated rings. The summed E-state index contributed by atoms with van der Waals surface area (Å²) in [5.74, 6) is 1.67. The number of allylic oxidation sites excluding steroid dienone is 1. The molecule has 0 amide bonds. The number of ether oxygens (including phenoxy) is 1. The fourth-order valence-corrected chi connectivity index (χ4v) is 4.38. The van der Waals surface area contributed by atoms with Crippen LogP contribution in [0.25, 0.3) is 11.1 Å². The molecule has 2 aromatic carbocycles. The molecule has 1 saturated carbocycles. The number of benzene rings is 2. The molecule has 1 aliphatic carbocycles. The Morgan fingerprint density at radius 2 is 1.56 bits per heavy atom. The molecule has 3 rings (SSSR count). The molecule has 0 aliphatic heterocycles. The van der Waals surface area contributed by atoms with Crippen LogP contribution in [0.2, 0.25) is 0 Å². The van der Waals surface area contributed by atoms with E-state index in [0.717, 1.165) is 18.3 Å². The molecule has 0 bridgehead atoms. The highest BCUT2D eigenvalue weighted by Crippen LogP contribution is 2.32. The number of rotatable bonds is 8. The molecule has 0 N–H and O–H groups in total. The van der Waals surface area contributed by atoms with Gasteiger partial charge in [-0.3, -0.25) is 0 Å². The zero-order chi connectivity index (χ0) is 19.1. The molecular formula is C26H34O. The van der Waals surface area contributed by atoms with Crippen LogP contribution in [0.15, 0.2) is 61.2 Å². The predicted octanol–water partition coefficient (Wildman–Crippen LogP) is 7.38. The van der Waals surface area contributed by atoms with Gasteiger partial charge < -0.3 is 4.74 Å². The Kier molecular flexibility index (Phi) is 7.29. The van der Waals surface area contributed by atoms with Crippen molar-refractivity contribution in [3.8, 4) is 11.1 Å². The van der Waals surface area contributed by atoms with Gasteiger partial charge in [0.05, 0.1) is 6.10 Å². The van der Waals surface area contributed by atoms with E-state index in [1.807, 2.05) is 0 Å². The Bertz CT molecular complexity index is 686. The fourth-order valence-electron chi connectivity index (χ4n) is 4.38. The molecule has 1 aliphatic rings. The molecule has 0 spiro atoms. The summed E-state index contributed by atoms with van der Waals surface area (Å²) in [7, 11) is 1.78. The van der Waals surface area contributed by atoms with Crippen molar-refractivity contribution in [2.24, 2.45) is 11.8 Å². The molecule has 0 saturated heterocycles. The smallest absolute Gasteiger partial charge is 0.0818 e. The summed E-state index contributed by atoms with van der Waals surface area (Å²) in [5, 5.41) is 0. The second kappa shape index (κ2) is 9.90. The Morgan fingerprint density at radius 3 is 2.07 bits per heavy atom. The van der Waals surface area contributed by atoms with Gasteiger partial charge in [0.1, 0.15) is 0 Å². The average Bonchev–Trinajstić information content (AvgIpc) is 2.74. The van der Waals surface area contributed by atoms with Gasteiger partial charge in [-0.2, -0.15) is 0 Å². The lowest BCUT2D eigenvalue weighted by Gasteiger charge is -2.26. The van der Waals surface area contributed by atoms with Crippen LogP contribution in [0.4, 0.5) is 0 Å². The zero-order valence-electron chi connectivity index (χ0n) is 17.0. The van der Waals surface area contributed by atoms with E-state index >= 15 is 0 Å². The molecule has 0 radical (unpaired) electrons. The molecule has 144 valence electrons. The second-order valence-corrected chi connectivity index (χ2v) is 8.01. The topological polar surface area (TPSA) is 9.23 Å². The SMILES string of the molecule is C=C[C@H]1CC[C@H](CCc2ccc(-c3ccc(C(CC)OC)cc3)cc2)CC1. The molecule has 1 unspecified atom stereocenters. The van der Waals surface area contributed by atoms with Crippen molar-refractivity contribution in [3.05, 3.63) is 72.3 Å². The maximum Gasteiger partial charge on any atom is 0.0818 e. The average molecular weight is 363 g/mol. The van der Waals surface area contributed by atoms with Crippen LogP contribution in [0.1, 0.15) is 62.7 Å². The summed E-state index contributed by atoms with van der Waals surface area (Å²) in [6.45, 7) is 6.11. The summed E-state index contributed by atoms with van der Waals surface area (Å²) < 4.78 is 5.53. The van der Waals surface area contributed by atoms with Crippen molar-refractivity contribution in [1.82, 2.24) is 0 Å². The van der Waals surface area contributed by atoms with E-state index in [9.17, 15) is 0 Å². The molecule has 2 aromatic rings. The van der Waals surface area contributed by atoms with Gasteiger partial charge in [-0.25, -0.2) is 0 Å². The number of hydrogen-bond acceptors (Lipinski definition) is 1. The van der Waals surface area contributed by atoms with Crippen molar-refractivity contribution in [1.29, 1.82) is 0 Å². The van der Waals surface area contributed by atoms with Gasteiger partial charge in [-0.15, -0.1) is 6.58 Å². The molecule has 1 nitrogen and oxygen atoms in total. The molecule has 27 heavy (non-hydrogen) atoms. The van der Waals surface area contributed by atoms with Crippen LogP contribution in [0, 0.1) is 11.8 Å². The van der Waals surface area contributed by atoms with E-state index < -0.39 is 0 Å². The lowest BCUT2D eigenvalue weighted by molar-refractivity contribution is 0.100. The number of methoxy groups -OCH3 is 1. The third-order valence-electron chi connectivity index (χ3n) is 6.29. The van der Waals surface area contributed by atoms with Gasteiger partial charge in [0.2, 0.25) is 0 Å². The maximum absolute atomic E-state index is 5.53. The Morgan fingerprint density at radius 1 is 0.963 bits per heavy atom. The first-order chi connectivity index (χ1) is 13.2. The number of aryl methyl sites for hydroxylation is 1. The lowest BCUT2D eigenvalue weighted by Crippen LogP contribution is -2.13. The summed E-state index contributed by atoms with van der Waals surface area (Å²) in [5.41, 5.74) is 5.29. The van der Waals surface area contributed by atoms with Crippen LogP contribution >= 0.6 is 0 Å². The van der Waals surface area contributed by atoms with Crippen LogP contribution in [0.3, 0.4) is 0 Å². The first kappa shape index (κ1) is 19.9. The van der Waals surface area contributed by atoms with Crippen molar-refractivity contribution < 1.29 is 4.74 Å². The maximum atomic E-state index is 5.53. The van der Waals surface area contributed by atoms with Crippen molar-refractivity contribution >= 4 is 0 Å². The van der Waals surface area contributed by atoms with Crippen LogP contribution in [-0.2, 0) is 11.2 Å². The largest absolute Gasteiger partial charge is 0.377 e. The fraction of sp³-hybridized carbons (Fsp3) is 0.462. The van der Waals surface area contributed by atoms with Gasteiger partial charge in [-0.1, -0.05) is 61.5 Å². The minimum atomic E-state index is 0.197. The zero-order valence-corrected chi connectivity index (χ0v) is 17.0. The van der Waals surface area contributed by atoms with Crippen LogP contribution < -0.4 is 0 Å². The molecular weight excluding hydrogens is 328 g/mol. The highest BCUT2D eigenvalue weighted by Gasteiger charge is 2.18. The molecule has 1 heteroatoms. The Hall–Kier alpha value is -1.86. The van der Waals surface area contributed by atoms with E-state index in [1.165, 1.54) is 60.8 Å². The monoisotopic (exact) mass is 362 g/mol. The standard InChI is InChI=1S/C26H34O/c1-4-20-6-8-21(9-7-20)10-11-22-12-14-23(15-13-22)24-16-18-25(19-17-24)26(5-2)27-3/h4,12-21,26H,1,5-11H2,2-3H3/t20-,21-,26?. The third kappa shape index (κ3) is 5.32. The van der Waals surface area contributed by atoms with Crippen LogP contribution in [0.5, 0.6) is 0 Å². The van der Waals surface area contributed by atoms with Crippen molar-refractivity contribution in [2.75, 3.05) is 7.11 Å². The first-order valence-corrected chi connectivity index (χ1v) is 10.6. The van der Waals surface area contributed by atoms with Gasteiger partial charge in [0, 0.05) is 7.11 Å². The third-order valence-corrected chi connectivity index (χ3v) is 6.29. The Balaban J connectivity index is 1.55. The van der Waals surface area contributed by atoms with Gasteiger partial charge in [-0.05, 0) is 79.0 Å². The highest BCUT2D eigenvalue weighted by molar-refractivity contribution is 5.64. The van der Waals surface area contributed by atoms with Crippen LogP contribution in [-0.4, -0.2) is 7.11 Å². The van der Waals surface area contributed by atoms with E-state index in [1.54, 1.807) is 7.11 Å². The van der Waals surface area contributed by atoms with E-state index in [4.69, 9.17) is 4.74 Å². The van der Waals surface area contributed by atoms with Crippen molar-refractivity contribution in [3.63, 3.8) is 0 Å². The predicted molar refractivity (Wildman–Crippen MR) is 116 cm³/mol. The minimum absolute atomic E-state index is 0.197. The second-order valence-electron chi connectivity index (χ2n) is 8.01. The lowest BCUT2D eigenvalue weighted by atomic mass is 9.79. The van der Waals surface area contributed by atoms with E-state index in [-0.39, 0.29) is 6.10 Å². The van der Waals surface area contributed by atoms with E-state index in [2.05, 4.69) is 68.1 Å². The molecule has 1 atom stereocenters. The van der Waals surface area contributed by atoms with Gasteiger partial charge in [0.15, 0.2) is 0 Å². The minimum Gasteiger partial charge on any atom is -0.377 e. The Labute approximate surface area is 165 Å². The summed E-state index contributed by atoms with van der Waals surface area (Å²) >= 11 is 0. The van der Waals surface area contributed by atoms with E-state index in [0.29, 0.717) is 0 Å². The molecule has 0 aromatic heterocycles. The normalized spacial score (nSPS) is 21.0. The van der Waals surface area contributed by atoms with Gasteiger partial charge in [0.25, 0.3) is 0 Å².